The molecule has 1 aromatic rings. The third-order valence-corrected chi connectivity index (χ3v) is 5.40. The van der Waals surface area contributed by atoms with Gasteiger partial charge in [-0.05, 0) is 18.4 Å². The number of β-amino-alcohol motifs (C(OH)–C–C–N with tert-alkyl or cyclic N) is 1. The van der Waals surface area contributed by atoms with Crippen LogP contribution in [0.2, 0.25) is 0 Å². The van der Waals surface area contributed by atoms with E-state index in [1.807, 2.05) is 11.0 Å². The Morgan fingerprint density at radius 3 is 2.52 bits per heavy atom. The number of rotatable bonds is 3. The first kappa shape index (κ1) is 16.5. The van der Waals surface area contributed by atoms with Gasteiger partial charge in [-0.1, -0.05) is 49.6 Å². The second kappa shape index (κ2) is 7.02. The second-order valence-corrected chi connectivity index (χ2v) is 7.15. The molecule has 2 fully saturated rings. The van der Waals surface area contributed by atoms with Crippen LogP contribution in [0.25, 0.3) is 0 Å². The molecule has 1 heterocycles. The van der Waals surface area contributed by atoms with E-state index in [-0.39, 0.29) is 11.9 Å². The highest BCUT2D eigenvalue weighted by Crippen LogP contribution is 2.33. The molecule has 23 heavy (non-hydrogen) atoms. The van der Waals surface area contributed by atoms with E-state index in [2.05, 4.69) is 29.2 Å². The molecule has 2 aliphatic rings. The van der Waals surface area contributed by atoms with Gasteiger partial charge in [0, 0.05) is 33.1 Å². The highest BCUT2D eigenvalue weighted by atomic mass is 16.3. The lowest BCUT2D eigenvalue weighted by Crippen LogP contribution is -2.54. The minimum atomic E-state index is -0.552. The predicted molar refractivity (Wildman–Crippen MR) is 91.0 cm³/mol. The van der Waals surface area contributed by atoms with E-state index in [9.17, 15) is 9.90 Å². The van der Waals surface area contributed by atoms with E-state index in [4.69, 9.17) is 0 Å². The van der Waals surface area contributed by atoms with Gasteiger partial charge in [0.1, 0.15) is 0 Å². The molecule has 1 saturated heterocycles. The van der Waals surface area contributed by atoms with Gasteiger partial charge >= 0.3 is 0 Å². The Kier molecular flexibility index (Phi) is 5.02. The van der Waals surface area contributed by atoms with Crippen LogP contribution in [0.1, 0.15) is 50.6 Å². The van der Waals surface area contributed by atoms with Gasteiger partial charge in [0.05, 0.1) is 11.6 Å². The van der Waals surface area contributed by atoms with Gasteiger partial charge in [-0.15, -0.1) is 0 Å². The van der Waals surface area contributed by atoms with Crippen LogP contribution in [0, 0.1) is 0 Å². The Hall–Kier alpha value is -1.39. The Morgan fingerprint density at radius 1 is 1.17 bits per heavy atom. The van der Waals surface area contributed by atoms with Gasteiger partial charge in [0.2, 0.25) is 5.91 Å². The lowest BCUT2D eigenvalue weighted by atomic mass is 9.83. The molecule has 1 aliphatic heterocycles. The normalized spacial score (nSPS) is 25.3. The van der Waals surface area contributed by atoms with Gasteiger partial charge in [0.15, 0.2) is 0 Å². The molecule has 1 amide bonds. The van der Waals surface area contributed by atoms with E-state index >= 15 is 0 Å². The van der Waals surface area contributed by atoms with Crippen molar-refractivity contribution < 1.29 is 9.90 Å². The highest BCUT2D eigenvalue weighted by Gasteiger charge is 2.36. The monoisotopic (exact) mass is 316 g/mol. The Balaban J connectivity index is 1.78. The van der Waals surface area contributed by atoms with Crippen LogP contribution >= 0.6 is 0 Å². The molecule has 0 aromatic heterocycles. The molecule has 0 bridgehead atoms. The van der Waals surface area contributed by atoms with E-state index in [1.165, 1.54) is 12.0 Å². The summed E-state index contributed by atoms with van der Waals surface area (Å²) in [6.07, 6.45) is 5.30. The van der Waals surface area contributed by atoms with E-state index in [0.29, 0.717) is 0 Å². The summed E-state index contributed by atoms with van der Waals surface area (Å²) in [5.41, 5.74) is 0.682. The molecule has 1 aromatic carbocycles. The van der Waals surface area contributed by atoms with Crippen molar-refractivity contribution in [3.05, 3.63) is 35.9 Å². The standard InChI is InChI=1S/C19H28N2O2/c1-16(22)20-12-13-21(15-19(23)10-6-3-7-11-19)18(14-20)17-8-4-2-5-9-17/h2,4-5,8-9,18,23H,3,6-7,10-15H2,1H3. The molecule has 4 nitrogen and oxygen atoms in total. The lowest BCUT2D eigenvalue weighted by molar-refractivity contribution is -0.133. The number of amides is 1. The van der Waals surface area contributed by atoms with Crippen molar-refractivity contribution in [1.82, 2.24) is 9.80 Å². The molecule has 1 atom stereocenters. The zero-order chi connectivity index (χ0) is 16.3. The smallest absolute Gasteiger partial charge is 0.219 e. The maximum atomic E-state index is 11.8. The molecule has 126 valence electrons. The lowest BCUT2D eigenvalue weighted by Gasteiger charge is -2.45. The van der Waals surface area contributed by atoms with Crippen LogP contribution in [0.15, 0.2) is 30.3 Å². The fraction of sp³-hybridized carbons (Fsp3) is 0.632. The number of benzene rings is 1. The maximum absolute atomic E-state index is 11.8. The molecule has 0 spiro atoms. The largest absolute Gasteiger partial charge is 0.389 e. The first-order valence-corrected chi connectivity index (χ1v) is 8.84. The third kappa shape index (κ3) is 3.93. The molecule has 3 rings (SSSR count). The van der Waals surface area contributed by atoms with Crippen molar-refractivity contribution >= 4 is 5.91 Å². The van der Waals surface area contributed by atoms with Gasteiger partial charge in [0.25, 0.3) is 0 Å². The van der Waals surface area contributed by atoms with Crippen LogP contribution in [0.4, 0.5) is 0 Å². The van der Waals surface area contributed by atoms with Crippen LogP contribution in [-0.4, -0.2) is 52.6 Å². The summed E-state index contributed by atoms with van der Waals surface area (Å²) < 4.78 is 0. The zero-order valence-corrected chi connectivity index (χ0v) is 14.1. The SMILES string of the molecule is CC(=O)N1CCN(CC2(O)CCCCC2)C(c2ccccc2)C1. The predicted octanol–water partition coefficient (Wildman–Crippen LogP) is 2.59. The van der Waals surface area contributed by atoms with Crippen molar-refractivity contribution in [1.29, 1.82) is 0 Å². The summed E-state index contributed by atoms with van der Waals surface area (Å²) in [6.45, 7) is 4.68. The molecule has 1 unspecified atom stereocenters. The van der Waals surface area contributed by atoms with Crippen LogP contribution < -0.4 is 0 Å². The fourth-order valence-corrected chi connectivity index (χ4v) is 4.03. The van der Waals surface area contributed by atoms with Crippen LogP contribution in [-0.2, 0) is 4.79 Å². The van der Waals surface area contributed by atoms with E-state index < -0.39 is 5.60 Å². The van der Waals surface area contributed by atoms with E-state index in [1.54, 1.807) is 6.92 Å². The molecule has 1 saturated carbocycles. The summed E-state index contributed by atoms with van der Waals surface area (Å²) in [6, 6.07) is 10.6. The minimum absolute atomic E-state index is 0.141. The average molecular weight is 316 g/mol. The maximum Gasteiger partial charge on any atom is 0.219 e. The quantitative estimate of drug-likeness (QED) is 0.932. The molecule has 4 heteroatoms. The molecule has 1 aliphatic carbocycles. The van der Waals surface area contributed by atoms with Gasteiger partial charge in [-0.2, -0.15) is 0 Å². The zero-order valence-electron chi connectivity index (χ0n) is 14.1. The average Bonchev–Trinajstić information content (AvgIpc) is 2.56. The third-order valence-electron chi connectivity index (χ3n) is 5.40. The van der Waals surface area contributed by atoms with E-state index in [0.717, 1.165) is 51.9 Å². The minimum Gasteiger partial charge on any atom is -0.389 e. The van der Waals surface area contributed by atoms with Crippen LogP contribution in [0.5, 0.6) is 0 Å². The topological polar surface area (TPSA) is 43.8 Å². The molecular formula is C19H28N2O2. The first-order valence-electron chi connectivity index (χ1n) is 8.84. The number of carbonyl (C=O) groups excluding carboxylic acids is 1. The highest BCUT2D eigenvalue weighted by molar-refractivity contribution is 5.73. The number of hydrogen-bond acceptors (Lipinski definition) is 3. The first-order chi connectivity index (χ1) is 11.1. The Labute approximate surface area is 139 Å². The van der Waals surface area contributed by atoms with Crippen LogP contribution in [0.3, 0.4) is 0 Å². The van der Waals surface area contributed by atoms with Gasteiger partial charge < -0.3 is 10.0 Å². The summed E-state index contributed by atoms with van der Waals surface area (Å²) >= 11 is 0. The molecule has 1 N–H and O–H groups in total. The fourth-order valence-electron chi connectivity index (χ4n) is 4.03. The summed E-state index contributed by atoms with van der Waals surface area (Å²) in [7, 11) is 0. The Morgan fingerprint density at radius 2 is 1.87 bits per heavy atom. The van der Waals surface area contributed by atoms with Crippen molar-refractivity contribution in [3.8, 4) is 0 Å². The summed E-state index contributed by atoms with van der Waals surface area (Å²) in [5.74, 6) is 0.141. The number of carbonyl (C=O) groups is 1. The number of nitrogens with zero attached hydrogens (tertiary/aromatic N) is 2. The summed E-state index contributed by atoms with van der Waals surface area (Å²) in [4.78, 5) is 16.1. The van der Waals surface area contributed by atoms with Gasteiger partial charge in [-0.25, -0.2) is 0 Å². The van der Waals surface area contributed by atoms with Crippen molar-refractivity contribution in [2.75, 3.05) is 26.2 Å². The van der Waals surface area contributed by atoms with Crippen molar-refractivity contribution in [3.63, 3.8) is 0 Å². The van der Waals surface area contributed by atoms with Gasteiger partial charge in [-0.3, -0.25) is 9.69 Å². The number of piperazine rings is 1. The number of aliphatic hydroxyl groups is 1. The molecular weight excluding hydrogens is 288 g/mol. The van der Waals surface area contributed by atoms with Crippen molar-refractivity contribution in [2.45, 2.75) is 50.7 Å². The van der Waals surface area contributed by atoms with Crippen molar-refractivity contribution in [2.24, 2.45) is 0 Å². The molecule has 0 radical (unpaired) electrons. The second-order valence-electron chi connectivity index (χ2n) is 7.15. The number of hydrogen-bond donors (Lipinski definition) is 1. The summed E-state index contributed by atoms with van der Waals surface area (Å²) in [5, 5.41) is 10.9. The Bertz CT molecular complexity index is 525.